The van der Waals surface area contributed by atoms with Crippen molar-refractivity contribution in [1.29, 1.82) is 0 Å². The van der Waals surface area contributed by atoms with E-state index in [-0.39, 0.29) is 0 Å². The maximum Gasteiger partial charge on any atom is 0.158 e. The molecule has 0 saturated heterocycles. The molecule has 1 fully saturated rings. The quantitative estimate of drug-likeness (QED) is 0.507. The van der Waals surface area contributed by atoms with E-state index < -0.39 is 0 Å². The zero-order valence-corrected chi connectivity index (χ0v) is 12.1. The van der Waals surface area contributed by atoms with Gasteiger partial charge in [0, 0.05) is 13.0 Å². The first kappa shape index (κ1) is 15.7. The van der Waals surface area contributed by atoms with Crippen molar-refractivity contribution < 1.29 is 9.53 Å². The second kappa shape index (κ2) is 10.5. The Bertz CT molecular complexity index is 207. The van der Waals surface area contributed by atoms with E-state index >= 15 is 0 Å². The fraction of sp³-hybridized carbons (Fsp3) is 0.938. The number of ether oxygens (including phenoxy) is 1. The molecular weight excluding hydrogens is 224 g/mol. The molecule has 106 valence electrons. The van der Waals surface area contributed by atoms with Crippen LogP contribution in [0.1, 0.15) is 77.6 Å². The lowest BCUT2D eigenvalue weighted by molar-refractivity contribution is -0.124. The Kier molecular flexibility index (Phi) is 9.19. The fourth-order valence-corrected chi connectivity index (χ4v) is 2.69. The van der Waals surface area contributed by atoms with E-state index in [9.17, 15) is 4.79 Å². The molecule has 1 aliphatic rings. The minimum Gasteiger partial charge on any atom is -0.373 e. The first-order valence-corrected chi connectivity index (χ1v) is 7.92. The van der Waals surface area contributed by atoms with E-state index in [1.54, 1.807) is 0 Å². The lowest BCUT2D eigenvalue weighted by Crippen LogP contribution is -2.13. The summed E-state index contributed by atoms with van der Waals surface area (Å²) in [6, 6.07) is 0. The van der Waals surface area contributed by atoms with Crippen LogP contribution in [0, 0.1) is 5.92 Å². The number of hydrogen-bond donors (Lipinski definition) is 0. The third-order valence-corrected chi connectivity index (χ3v) is 3.90. The third kappa shape index (κ3) is 7.86. The molecule has 0 bridgehead atoms. The molecule has 0 aromatic heterocycles. The molecule has 0 aliphatic heterocycles. The molecule has 0 aromatic carbocycles. The molecule has 0 aromatic rings. The van der Waals surface area contributed by atoms with Crippen molar-refractivity contribution in [2.45, 2.75) is 77.6 Å². The highest BCUT2D eigenvalue weighted by Gasteiger charge is 2.15. The SMILES string of the molecule is CCCCCCCCC(=O)COCC1CCCC1. The normalized spacial score (nSPS) is 16.3. The van der Waals surface area contributed by atoms with Crippen LogP contribution in [0.4, 0.5) is 0 Å². The summed E-state index contributed by atoms with van der Waals surface area (Å²) in [4.78, 5) is 11.6. The highest BCUT2D eigenvalue weighted by molar-refractivity contribution is 5.79. The lowest BCUT2D eigenvalue weighted by Gasteiger charge is -2.09. The Balaban J connectivity index is 1.84. The fourth-order valence-electron chi connectivity index (χ4n) is 2.69. The Morgan fingerprint density at radius 3 is 2.44 bits per heavy atom. The van der Waals surface area contributed by atoms with Crippen molar-refractivity contribution in [2.24, 2.45) is 5.92 Å². The zero-order valence-electron chi connectivity index (χ0n) is 12.1. The van der Waals surface area contributed by atoms with Crippen molar-refractivity contribution >= 4 is 5.78 Å². The summed E-state index contributed by atoms with van der Waals surface area (Å²) in [5, 5.41) is 0. The Morgan fingerprint density at radius 1 is 1.06 bits per heavy atom. The van der Waals surface area contributed by atoms with Gasteiger partial charge in [0.05, 0.1) is 0 Å². The lowest BCUT2D eigenvalue weighted by atomic mass is 10.1. The molecule has 0 N–H and O–H groups in total. The maximum absolute atomic E-state index is 11.6. The maximum atomic E-state index is 11.6. The van der Waals surface area contributed by atoms with Crippen LogP contribution in [0.3, 0.4) is 0 Å². The van der Waals surface area contributed by atoms with Crippen molar-refractivity contribution in [3.05, 3.63) is 0 Å². The molecule has 0 unspecified atom stereocenters. The van der Waals surface area contributed by atoms with E-state index in [1.165, 1.54) is 57.8 Å². The number of ketones is 1. The van der Waals surface area contributed by atoms with Gasteiger partial charge in [-0.15, -0.1) is 0 Å². The van der Waals surface area contributed by atoms with Crippen molar-refractivity contribution in [1.82, 2.24) is 0 Å². The van der Waals surface area contributed by atoms with Crippen LogP contribution in [-0.2, 0) is 9.53 Å². The summed E-state index contributed by atoms with van der Waals surface area (Å²) in [5.74, 6) is 1.02. The molecule has 0 amide bonds. The number of carbonyl (C=O) groups is 1. The first-order valence-electron chi connectivity index (χ1n) is 7.92. The molecule has 0 radical (unpaired) electrons. The van der Waals surface area contributed by atoms with Crippen molar-refractivity contribution in [3.63, 3.8) is 0 Å². The van der Waals surface area contributed by atoms with E-state index in [4.69, 9.17) is 4.74 Å². The second-order valence-corrected chi connectivity index (χ2v) is 5.72. The third-order valence-electron chi connectivity index (χ3n) is 3.90. The predicted octanol–water partition coefficient (Wildman–Crippen LogP) is 4.51. The van der Waals surface area contributed by atoms with Crippen LogP contribution in [-0.4, -0.2) is 19.0 Å². The van der Waals surface area contributed by atoms with Gasteiger partial charge in [-0.1, -0.05) is 51.9 Å². The van der Waals surface area contributed by atoms with Gasteiger partial charge in [0.1, 0.15) is 6.61 Å². The molecule has 1 saturated carbocycles. The van der Waals surface area contributed by atoms with Crippen LogP contribution >= 0.6 is 0 Å². The van der Waals surface area contributed by atoms with Gasteiger partial charge in [-0.05, 0) is 25.2 Å². The van der Waals surface area contributed by atoms with Crippen LogP contribution in [0.5, 0.6) is 0 Å². The van der Waals surface area contributed by atoms with Crippen LogP contribution in [0.25, 0.3) is 0 Å². The van der Waals surface area contributed by atoms with E-state index in [1.807, 2.05) is 0 Å². The Labute approximate surface area is 112 Å². The number of hydrogen-bond acceptors (Lipinski definition) is 2. The smallest absolute Gasteiger partial charge is 0.158 e. The van der Waals surface area contributed by atoms with Crippen molar-refractivity contribution in [3.8, 4) is 0 Å². The molecule has 2 heteroatoms. The average molecular weight is 254 g/mol. The number of Topliss-reactive ketones (excluding diaryl/α,β-unsaturated/α-hetero) is 1. The number of carbonyl (C=O) groups excluding carboxylic acids is 1. The number of rotatable bonds is 11. The van der Waals surface area contributed by atoms with Gasteiger partial charge >= 0.3 is 0 Å². The molecule has 0 heterocycles. The topological polar surface area (TPSA) is 26.3 Å². The van der Waals surface area contributed by atoms with E-state index in [0.29, 0.717) is 12.4 Å². The van der Waals surface area contributed by atoms with E-state index in [0.717, 1.165) is 25.4 Å². The first-order chi connectivity index (χ1) is 8.83. The molecule has 2 nitrogen and oxygen atoms in total. The Morgan fingerprint density at radius 2 is 1.72 bits per heavy atom. The van der Waals surface area contributed by atoms with Gasteiger partial charge in [0.25, 0.3) is 0 Å². The van der Waals surface area contributed by atoms with Crippen LogP contribution < -0.4 is 0 Å². The molecular formula is C16H30O2. The summed E-state index contributed by atoms with van der Waals surface area (Å²) in [7, 11) is 0. The molecule has 1 rings (SSSR count). The minimum atomic E-state index is 0.295. The van der Waals surface area contributed by atoms with Gasteiger partial charge < -0.3 is 4.74 Å². The minimum absolute atomic E-state index is 0.295. The summed E-state index contributed by atoms with van der Waals surface area (Å²) < 4.78 is 5.53. The zero-order chi connectivity index (χ0) is 13.1. The van der Waals surface area contributed by atoms with Crippen LogP contribution in [0.2, 0.25) is 0 Å². The largest absolute Gasteiger partial charge is 0.373 e. The second-order valence-electron chi connectivity index (χ2n) is 5.72. The van der Waals surface area contributed by atoms with Gasteiger partial charge in [-0.3, -0.25) is 4.79 Å². The van der Waals surface area contributed by atoms with Crippen molar-refractivity contribution in [2.75, 3.05) is 13.2 Å². The molecule has 0 atom stereocenters. The standard InChI is InChI=1S/C16H30O2/c1-2-3-4-5-6-7-12-16(17)14-18-13-15-10-8-9-11-15/h15H,2-14H2,1H3. The molecule has 1 aliphatic carbocycles. The summed E-state index contributed by atoms with van der Waals surface area (Å²) in [6.45, 7) is 3.39. The summed E-state index contributed by atoms with van der Waals surface area (Å²) in [5.41, 5.74) is 0. The highest BCUT2D eigenvalue weighted by Crippen LogP contribution is 2.24. The predicted molar refractivity (Wildman–Crippen MR) is 75.8 cm³/mol. The van der Waals surface area contributed by atoms with Gasteiger partial charge in [-0.2, -0.15) is 0 Å². The van der Waals surface area contributed by atoms with Gasteiger partial charge in [-0.25, -0.2) is 0 Å². The average Bonchev–Trinajstić information content (AvgIpc) is 2.87. The summed E-state index contributed by atoms with van der Waals surface area (Å²) in [6.07, 6.45) is 13.5. The van der Waals surface area contributed by atoms with E-state index in [2.05, 4.69) is 6.92 Å². The highest BCUT2D eigenvalue weighted by atomic mass is 16.5. The molecule has 18 heavy (non-hydrogen) atoms. The van der Waals surface area contributed by atoms with Gasteiger partial charge in [0.2, 0.25) is 0 Å². The molecule has 0 spiro atoms. The monoisotopic (exact) mass is 254 g/mol. The Hall–Kier alpha value is -0.370. The van der Waals surface area contributed by atoms with Crippen LogP contribution in [0.15, 0.2) is 0 Å². The van der Waals surface area contributed by atoms with Gasteiger partial charge in [0.15, 0.2) is 5.78 Å². The number of unbranched alkanes of at least 4 members (excludes halogenated alkanes) is 5. The summed E-state index contributed by atoms with van der Waals surface area (Å²) >= 11 is 0.